The second-order valence-corrected chi connectivity index (χ2v) is 5.27. The van der Waals surface area contributed by atoms with Crippen LogP contribution in [0.4, 0.5) is 10.2 Å². The van der Waals surface area contributed by atoms with E-state index in [1.165, 1.54) is 0 Å². The van der Waals surface area contributed by atoms with Crippen LogP contribution in [0.1, 0.15) is 31.1 Å². The number of aromatic nitrogens is 3. The molecule has 0 unspecified atom stereocenters. The van der Waals surface area contributed by atoms with Crippen molar-refractivity contribution in [1.82, 2.24) is 14.6 Å². The molecule has 0 spiro atoms. The fourth-order valence-electron chi connectivity index (χ4n) is 1.47. The molecule has 2 aromatic rings. The molecule has 0 saturated carbocycles. The van der Waals surface area contributed by atoms with Gasteiger partial charge < -0.3 is 10.5 Å². The third-order valence-electron chi connectivity index (χ3n) is 2.15. The number of esters is 1. The van der Waals surface area contributed by atoms with Gasteiger partial charge in [0.15, 0.2) is 22.4 Å². The summed E-state index contributed by atoms with van der Waals surface area (Å²) in [5.74, 6) is -1.54. The topological polar surface area (TPSA) is 82.5 Å². The van der Waals surface area contributed by atoms with Crippen molar-refractivity contribution >= 4 is 29.0 Å². The van der Waals surface area contributed by atoms with Crippen molar-refractivity contribution in [3.63, 3.8) is 0 Å². The first-order valence-corrected chi connectivity index (χ1v) is 5.80. The second-order valence-electron chi connectivity index (χ2n) is 4.91. The number of hydrogen-bond donors (Lipinski definition) is 1. The molecule has 102 valence electrons. The number of carbonyl (C=O) groups is 1. The largest absolute Gasteiger partial charge is 0.456 e. The molecule has 0 amide bonds. The summed E-state index contributed by atoms with van der Waals surface area (Å²) in [5, 5.41) is 3.43. The van der Waals surface area contributed by atoms with E-state index in [0.717, 1.165) is 10.7 Å². The molecular weight excluding hydrogens is 275 g/mol. The molecule has 2 heterocycles. The third-order valence-corrected chi connectivity index (χ3v) is 2.42. The Hall–Kier alpha value is -1.89. The summed E-state index contributed by atoms with van der Waals surface area (Å²) < 4.78 is 19.5. The van der Waals surface area contributed by atoms with Crippen LogP contribution >= 0.6 is 11.6 Å². The zero-order valence-corrected chi connectivity index (χ0v) is 11.3. The lowest BCUT2D eigenvalue weighted by Crippen LogP contribution is -2.24. The number of halogens is 2. The van der Waals surface area contributed by atoms with Crippen LogP contribution in [0.25, 0.3) is 5.65 Å². The van der Waals surface area contributed by atoms with Gasteiger partial charge in [-0.1, -0.05) is 11.6 Å². The molecule has 0 aliphatic rings. The van der Waals surface area contributed by atoms with Gasteiger partial charge in [-0.3, -0.25) is 0 Å². The van der Waals surface area contributed by atoms with Crippen LogP contribution in [0.5, 0.6) is 0 Å². The van der Waals surface area contributed by atoms with Gasteiger partial charge in [0.25, 0.3) is 0 Å². The van der Waals surface area contributed by atoms with E-state index in [1.54, 1.807) is 20.8 Å². The van der Waals surface area contributed by atoms with Crippen LogP contribution < -0.4 is 5.73 Å². The van der Waals surface area contributed by atoms with E-state index in [2.05, 4.69) is 10.1 Å². The van der Waals surface area contributed by atoms with Gasteiger partial charge in [0.2, 0.25) is 0 Å². The predicted octanol–water partition coefficient (Wildman–Crippen LogP) is 2.06. The van der Waals surface area contributed by atoms with Crippen molar-refractivity contribution in [2.24, 2.45) is 0 Å². The van der Waals surface area contributed by atoms with Gasteiger partial charge in [0.1, 0.15) is 11.2 Å². The van der Waals surface area contributed by atoms with E-state index in [1.807, 2.05) is 0 Å². The number of anilines is 1. The SMILES string of the molecule is CC(C)(C)OC(=O)c1c(N)nn2cc(F)c(Cl)nc12. The van der Waals surface area contributed by atoms with Crippen LogP contribution in [0, 0.1) is 5.82 Å². The highest BCUT2D eigenvalue weighted by Gasteiger charge is 2.26. The lowest BCUT2D eigenvalue weighted by Gasteiger charge is -2.19. The average molecular weight is 287 g/mol. The van der Waals surface area contributed by atoms with Crippen LogP contribution in [0.3, 0.4) is 0 Å². The molecule has 0 aromatic carbocycles. The van der Waals surface area contributed by atoms with Gasteiger partial charge in [-0.2, -0.15) is 0 Å². The summed E-state index contributed by atoms with van der Waals surface area (Å²) in [6, 6.07) is 0. The van der Waals surface area contributed by atoms with E-state index in [-0.39, 0.29) is 22.2 Å². The third kappa shape index (κ3) is 2.60. The Balaban J connectivity index is 2.57. The molecule has 2 aromatic heterocycles. The van der Waals surface area contributed by atoms with E-state index in [0.29, 0.717) is 0 Å². The Morgan fingerprint density at radius 1 is 1.53 bits per heavy atom. The van der Waals surface area contributed by atoms with Gasteiger partial charge in [0, 0.05) is 0 Å². The zero-order valence-electron chi connectivity index (χ0n) is 10.6. The molecule has 0 bridgehead atoms. The van der Waals surface area contributed by atoms with E-state index in [9.17, 15) is 9.18 Å². The fourth-order valence-corrected chi connectivity index (χ4v) is 1.60. The Kier molecular flexibility index (Phi) is 3.09. The highest BCUT2D eigenvalue weighted by molar-refractivity contribution is 6.29. The van der Waals surface area contributed by atoms with Gasteiger partial charge in [-0.25, -0.2) is 18.7 Å². The first kappa shape index (κ1) is 13.5. The Bertz CT molecular complexity index is 663. The molecule has 19 heavy (non-hydrogen) atoms. The van der Waals surface area contributed by atoms with Crippen LogP contribution in [-0.2, 0) is 4.74 Å². The molecule has 2 rings (SSSR count). The molecule has 2 N–H and O–H groups in total. The standard InChI is InChI=1S/C11H12ClFN4O2/c1-11(2,3)19-10(18)6-8(14)16-17-4-5(13)7(12)15-9(6)17/h4H,1-3H3,(H2,14,16). The smallest absolute Gasteiger partial charge is 0.346 e. The van der Waals surface area contributed by atoms with Crippen molar-refractivity contribution in [2.75, 3.05) is 5.73 Å². The van der Waals surface area contributed by atoms with Crippen molar-refractivity contribution in [3.05, 3.63) is 22.7 Å². The summed E-state index contributed by atoms with van der Waals surface area (Å²) in [5.41, 5.74) is 4.97. The number of nitrogens with zero attached hydrogens (tertiary/aromatic N) is 3. The van der Waals surface area contributed by atoms with Gasteiger partial charge in [-0.15, -0.1) is 5.10 Å². The second kappa shape index (κ2) is 4.34. The molecule has 0 radical (unpaired) electrons. The van der Waals surface area contributed by atoms with Crippen LogP contribution in [0.15, 0.2) is 6.20 Å². The lowest BCUT2D eigenvalue weighted by atomic mass is 10.2. The van der Waals surface area contributed by atoms with Crippen molar-refractivity contribution in [2.45, 2.75) is 26.4 Å². The minimum Gasteiger partial charge on any atom is -0.456 e. The highest BCUT2D eigenvalue weighted by atomic mass is 35.5. The predicted molar refractivity (Wildman–Crippen MR) is 67.5 cm³/mol. The first-order chi connectivity index (χ1) is 8.69. The van der Waals surface area contributed by atoms with E-state index >= 15 is 0 Å². The minimum absolute atomic E-state index is 0.0307. The maximum Gasteiger partial charge on any atom is 0.346 e. The normalized spacial score (nSPS) is 11.8. The lowest BCUT2D eigenvalue weighted by molar-refractivity contribution is 0.00728. The Morgan fingerprint density at radius 3 is 2.74 bits per heavy atom. The summed E-state index contributed by atoms with van der Waals surface area (Å²) in [6.07, 6.45) is 0.995. The number of rotatable bonds is 1. The summed E-state index contributed by atoms with van der Waals surface area (Å²) in [7, 11) is 0. The number of nitrogens with two attached hydrogens (primary N) is 1. The van der Waals surface area contributed by atoms with Crippen LogP contribution in [-0.4, -0.2) is 26.2 Å². The quantitative estimate of drug-likeness (QED) is 0.641. The number of ether oxygens (including phenoxy) is 1. The van der Waals surface area contributed by atoms with Crippen molar-refractivity contribution < 1.29 is 13.9 Å². The summed E-state index contributed by atoms with van der Waals surface area (Å²) >= 11 is 5.59. The molecule has 0 fully saturated rings. The number of hydrogen-bond acceptors (Lipinski definition) is 5. The number of nitrogen functional groups attached to an aromatic ring is 1. The molecule has 6 nitrogen and oxygen atoms in total. The molecule has 0 aliphatic heterocycles. The molecule has 0 atom stereocenters. The minimum atomic E-state index is -0.757. The Labute approximate surface area is 113 Å². The summed E-state index contributed by atoms with van der Waals surface area (Å²) in [6.45, 7) is 5.15. The maximum atomic E-state index is 13.2. The van der Waals surface area contributed by atoms with E-state index in [4.69, 9.17) is 22.1 Å². The highest BCUT2D eigenvalue weighted by Crippen LogP contribution is 2.22. The molecule has 8 heteroatoms. The number of fused-ring (bicyclic) bond motifs is 1. The monoisotopic (exact) mass is 286 g/mol. The maximum absolute atomic E-state index is 13.2. The van der Waals surface area contributed by atoms with E-state index < -0.39 is 17.4 Å². The first-order valence-electron chi connectivity index (χ1n) is 5.42. The van der Waals surface area contributed by atoms with Gasteiger partial charge >= 0.3 is 5.97 Å². The zero-order chi connectivity index (χ0) is 14.4. The molecule has 0 aliphatic carbocycles. The average Bonchev–Trinajstić information content (AvgIpc) is 2.52. The van der Waals surface area contributed by atoms with Crippen LogP contribution in [0.2, 0.25) is 5.15 Å². The molecular formula is C11H12ClFN4O2. The van der Waals surface area contributed by atoms with Gasteiger partial charge in [0.05, 0.1) is 6.20 Å². The van der Waals surface area contributed by atoms with Gasteiger partial charge in [-0.05, 0) is 20.8 Å². The fraction of sp³-hybridized carbons (Fsp3) is 0.364. The van der Waals surface area contributed by atoms with Crippen molar-refractivity contribution in [1.29, 1.82) is 0 Å². The van der Waals surface area contributed by atoms with Crippen molar-refractivity contribution in [3.8, 4) is 0 Å². The molecule has 0 saturated heterocycles. The number of carbonyl (C=O) groups excluding carboxylic acids is 1. The summed E-state index contributed by atoms with van der Waals surface area (Å²) in [4.78, 5) is 15.8. The Morgan fingerprint density at radius 2 is 2.16 bits per heavy atom.